The number of carboxylic acid groups (broad SMARTS) is 1. The second kappa shape index (κ2) is 47.1. The number of aliphatic imine (C=N–C) groups is 1. The molecule has 10 amide bonds. The number of hydrogen-bond acceptors (Lipinski definition) is 23. The zero-order valence-electron chi connectivity index (χ0n) is 54.3. The van der Waals surface area contributed by atoms with Crippen molar-refractivity contribution in [1.82, 2.24) is 53.2 Å². The summed E-state index contributed by atoms with van der Waals surface area (Å²) in [6.45, 7) is 2.42. The van der Waals surface area contributed by atoms with Crippen molar-refractivity contribution in [2.24, 2.45) is 33.7 Å². The Bertz CT molecular complexity index is 2580. The molecule has 0 aromatic rings. The maximum atomic E-state index is 14.7. The number of guanidine groups is 1. The van der Waals surface area contributed by atoms with E-state index in [2.05, 4.69) is 59.8 Å². The van der Waals surface area contributed by atoms with E-state index in [-0.39, 0.29) is 57.6 Å². The Balaban J connectivity index is 4.26. The number of allylic oxidation sites excluding steroid dienone is 1. The smallest absolute Gasteiger partial charge is 0.335 e. The van der Waals surface area contributed by atoms with Gasteiger partial charge in [-0.25, -0.2) is 14.4 Å². The van der Waals surface area contributed by atoms with Gasteiger partial charge in [0.05, 0.1) is 44.1 Å². The number of rotatable bonds is 34. The largest absolute Gasteiger partial charge is 0.479 e. The predicted octanol–water partition coefficient (Wildman–Crippen LogP) is -6.53. The molecule has 0 aliphatic carbocycles. The lowest BCUT2D eigenvalue weighted by molar-refractivity contribution is -0.153. The number of amides is 10. The molecule has 0 bridgehead atoms. The first-order chi connectivity index (χ1) is 45.0. The third kappa shape index (κ3) is 32.9. The van der Waals surface area contributed by atoms with Crippen LogP contribution in [0.25, 0.3) is 0 Å². The SMILES string of the molecule is C/C=C1/NC(=O)C([C@H](C)O)NC(=O)[C@H](CCN)NC(=O)C([C@H](O)C(=O)O)NC(=O)C(CCCCN)NC(=O)[C@H](CC(=O)N[C@@H](CCCN=C(N)N)C(=O)OC)NC(=O)C(CCN)NC(=O)C(NC(=O)C[C@H](O)CCCCCCCCCCC)COC(=O)C([C@H](O)CCl)NC1=O. The van der Waals surface area contributed by atoms with Gasteiger partial charge in [0.15, 0.2) is 18.1 Å². The van der Waals surface area contributed by atoms with Crippen LogP contribution in [0.1, 0.15) is 143 Å². The number of nitrogens with one attached hydrogen (secondary N) is 10. The van der Waals surface area contributed by atoms with Crippen LogP contribution in [0.5, 0.6) is 0 Å². The lowest BCUT2D eigenvalue weighted by Crippen LogP contribution is -2.63. The highest BCUT2D eigenvalue weighted by molar-refractivity contribution is 6.18. The van der Waals surface area contributed by atoms with E-state index in [1.807, 2.05) is 5.32 Å². The highest BCUT2D eigenvalue weighted by atomic mass is 35.5. The van der Waals surface area contributed by atoms with Crippen LogP contribution in [0.15, 0.2) is 16.8 Å². The molecule has 13 atom stereocenters. The number of carbonyl (C=O) groups excluding carboxylic acids is 12. The van der Waals surface area contributed by atoms with Crippen molar-refractivity contribution in [2.75, 3.05) is 45.8 Å². The molecule has 0 saturated carbocycles. The van der Waals surface area contributed by atoms with Crippen LogP contribution in [0, 0.1) is 0 Å². The van der Waals surface area contributed by atoms with E-state index in [1.54, 1.807) is 0 Å². The second-order valence-electron chi connectivity index (χ2n) is 22.6. The maximum absolute atomic E-state index is 14.7. The molecule has 36 nitrogen and oxygen atoms in total. The van der Waals surface area contributed by atoms with Crippen molar-refractivity contribution < 1.29 is 97.3 Å². The number of ether oxygens (including phenoxy) is 2. The predicted molar refractivity (Wildman–Crippen MR) is 342 cm³/mol. The second-order valence-corrected chi connectivity index (χ2v) is 22.9. The van der Waals surface area contributed by atoms with Crippen LogP contribution >= 0.6 is 11.6 Å². The third-order valence-corrected chi connectivity index (χ3v) is 15.1. The van der Waals surface area contributed by atoms with Crippen molar-refractivity contribution in [1.29, 1.82) is 0 Å². The summed E-state index contributed by atoms with van der Waals surface area (Å²) >= 11 is 5.94. The lowest BCUT2D eigenvalue weighted by atomic mass is 10.0. The van der Waals surface area contributed by atoms with Gasteiger partial charge in [-0.2, -0.15) is 0 Å². The first kappa shape index (κ1) is 85.1. The number of hydrogen-bond donors (Lipinski definition) is 20. The molecule has 1 saturated heterocycles. The van der Waals surface area contributed by atoms with Gasteiger partial charge in [-0.05, 0) is 84.8 Å². The zero-order valence-corrected chi connectivity index (χ0v) is 55.1. The van der Waals surface area contributed by atoms with Crippen molar-refractivity contribution in [3.63, 3.8) is 0 Å². The summed E-state index contributed by atoms with van der Waals surface area (Å²) < 4.78 is 10.2. The number of aliphatic hydroxyl groups excluding tert-OH is 4. The average Bonchev–Trinajstić information content (AvgIpc) is 0.935. The van der Waals surface area contributed by atoms with Crippen LogP contribution in [0.4, 0.5) is 0 Å². The van der Waals surface area contributed by atoms with E-state index in [9.17, 15) is 87.9 Å². The molecule has 0 radical (unpaired) electrons. The Morgan fingerprint density at radius 2 is 1.19 bits per heavy atom. The van der Waals surface area contributed by atoms with E-state index in [0.717, 1.165) is 71.5 Å². The minimum absolute atomic E-state index is 0.00616. The summed E-state index contributed by atoms with van der Waals surface area (Å²) in [5, 5.41) is 75.8. The standard InChI is InChI=1S/C58H101ClN16O20/c1-5-7-8-9-10-11-12-13-14-18-32(77)27-41(79)67-39-30-95-57(93)44(40(78)29-59)74-47(82)33(6-2)68-53(88)43(31(3)76)73-50(85)36(22-25-62)71-54(89)45(46(81)55(90)91)75-49(84)34(19-15-16-23-60)69-51(86)38(72-48(83)35(21-24-61)70-52(39)87)28-42(80)66-37(56(92)94-4)20-17-26-65-58(63)64/h6,31-32,34-40,43-46,76-78,81H,5,7-30,60-62H2,1-4H3,(H,66,80)(H,67,79)(H,68,88)(H,69,86)(H,70,87)(H,71,89)(H,72,83)(H,73,85)(H,74,82)(H,75,84)(H,90,91)(H4,63,64,65)/b33-6+/t31-,32+,34?,35?,36-,37-,38-,39?,40+,43?,44?,45?,46-/m0/s1. The molecular formula is C58H101ClN16O20. The number of nitrogens with zero attached hydrogens (tertiary/aromatic N) is 1. The van der Waals surface area contributed by atoms with E-state index in [0.29, 0.717) is 6.42 Å². The van der Waals surface area contributed by atoms with Gasteiger partial charge < -0.3 is 117 Å². The fraction of sp³-hybridized carbons (Fsp3) is 0.724. The minimum atomic E-state index is -2.81. The van der Waals surface area contributed by atoms with E-state index < -0.39 is 213 Å². The first-order valence-corrected chi connectivity index (χ1v) is 32.2. The molecule has 1 heterocycles. The van der Waals surface area contributed by atoms with E-state index in [4.69, 9.17) is 49.7 Å². The molecule has 95 heavy (non-hydrogen) atoms. The molecule has 1 rings (SSSR count). The molecule has 0 aromatic heterocycles. The summed E-state index contributed by atoms with van der Waals surface area (Å²) in [6.07, 6.45) is -0.952. The van der Waals surface area contributed by atoms with Gasteiger partial charge in [0.25, 0.3) is 5.91 Å². The maximum Gasteiger partial charge on any atom is 0.335 e. The fourth-order valence-electron chi connectivity index (χ4n) is 9.39. The van der Waals surface area contributed by atoms with E-state index >= 15 is 0 Å². The Labute approximate surface area is 556 Å². The van der Waals surface area contributed by atoms with Gasteiger partial charge >= 0.3 is 17.9 Å². The highest BCUT2D eigenvalue weighted by Gasteiger charge is 2.41. The number of cyclic esters (lactones) is 1. The number of nitrogens with two attached hydrogens (primary N) is 5. The summed E-state index contributed by atoms with van der Waals surface area (Å²) in [7, 11) is 1.01. The van der Waals surface area contributed by atoms with Crippen molar-refractivity contribution in [2.45, 2.75) is 222 Å². The Morgan fingerprint density at radius 3 is 1.73 bits per heavy atom. The summed E-state index contributed by atoms with van der Waals surface area (Å²) in [4.78, 5) is 184. The number of carboxylic acids is 1. The monoisotopic (exact) mass is 1380 g/mol. The lowest BCUT2D eigenvalue weighted by Gasteiger charge is -2.29. The van der Waals surface area contributed by atoms with E-state index in [1.165, 1.54) is 6.92 Å². The Kier molecular flexibility index (Phi) is 42.2. The number of esters is 2. The van der Waals surface area contributed by atoms with Gasteiger partial charge in [-0.15, -0.1) is 11.6 Å². The minimum Gasteiger partial charge on any atom is -0.479 e. The molecule has 6 unspecified atom stereocenters. The van der Waals surface area contributed by atoms with Crippen LogP contribution in [0.2, 0.25) is 0 Å². The quantitative estimate of drug-likeness (QED) is 0.00711. The fourth-order valence-corrected chi connectivity index (χ4v) is 9.56. The van der Waals surface area contributed by atoms with Crippen molar-refractivity contribution in [3.05, 3.63) is 11.8 Å². The Hall–Kier alpha value is -7.87. The number of unbranched alkanes of at least 4 members (excludes halogenated alkanes) is 9. The van der Waals surface area contributed by atoms with Gasteiger partial charge in [0.1, 0.15) is 60.6 Å². The van der Waals surface area contributed by atoms with Gasteiger partial charge in [0.2, 0.25) is 53.2 Å². The summed E-state index contributed by atoms with van der Waals surface area (Å²) in [6, 6.07) is -17.7. The number of methoxy groups -OCH3 is 1. The topological polar surface area (TPSA) is 604 Å². The number of carbonyl (C=O) groups is 13. The van der Waals surface area contributed by atoms with Crippen molar-refractivity contribution >= 4 is 94.5 Å². The molecular weight excluding hydrogens is 1280 g/mol. The van der Waals surface area contributed by atoms with Gasteiger partial charge in [-0.3, -0.25) is 52.9 Å². The molecule has 1 aliphatic rings. The first-order valence-electron chi connectivity index (χ1n) is 31.6. The van der Waals surface area contributed by atoms with Crippen LogP contribution < -0.4 is 81.8 Å². The molecule has 25 N–H and O–H groups in total. The number of alkyl halides is 1. The van der Waals surface area contributed by atoms with Gasteiger partial charge in [0, 0.05) is 6.54 Å². The number of aliphatic carboxylic acids is 1. The Morgan fingerprint density at radius 1 is 0.653 bits per heavy atom. The molecule has 540 valence electrons. The molecule has 0 aromatic carbocycles. The molecule has 1 fully saturated rings. The normalized spacial score (nSPS) is 23.1. The summed E-state index contributed by atoms with van der Waals surface area (Å²) in [5.74, 6) is -18.6. The van der Waals surface area contributed by atoms with Crippen LogP contribution in [-0.2, 0) is 71.8 Å². The highest BCUT2D eigenvalue weighted by Crippen LogP contribution is 2.15. The average molecular weight is 1380 g/mol. The molecule has 37 heteroatoms. The third-order valence-electron chi connectivity index (χ3n) is 14.7. The zero-order chi connectivity index (χ0) is 71.7. The molecule has 1 aliphatic heterocycles. The van der Waals surface area contributed by atoms with Gasteiger partial charge in [-0.1, -0.05) is 70.8 Å². The van der Waals surface area contributed by atoms with Crippen molar-refractivity contribution in [3.8, 4) is 0 Å². The van der Waals surface area contributed by atoms with Crippen LogP contribution in [0.3, 0.4) is 0 Å². The molecule has 0 spiro atoms. The summed E-state index contributed by atoms with van der Waals surface area (Å²) in [5.41, 5.74) is 27.5. The number of halogens is 1. The number of aliphatic hydroxyl groups is 4. The van der Waals surface area contributed by atoms with Crippen LogP contribution in [-0.4, -0.2) is 233 Å².